The molecular formula is C15H11BrN4O3. The highest BCUT2D eigenvalue weighted by Gasteiger charge is 2.07. The highest BCUT2D eigenvalue weighted by Crippen LogP contribution is 2.18. The molecule has 0 fully saturated rings. The molecule has 0 N–H and O–H groups in total. The van der Waals surface area contributed by atoms with Gasteiger partial charge in [0.25, 0.3) is 0 Å². The number of ether oxygens (including phenoxy) is 2. The van der Waals surface area contributed by atoms with Crippen LogP contribution in [0.4, 0.5) is 0 Å². The number of carbonyl (C=O) groups excluding carboxylic acids is 1. The SMILES string of the molecule is O=C(COc1cccc(Br)c1)Oc1ccc(-n2cnnn2)cc1. The van der Waals surface area contributed by atoms with Gasteiger partial charge in [-0.3, -0.25) is 0 Å². The molecule has 0 bridgehead atoms. The third-order valence-electron chi connectivity index (χ3n) is 2.83. The lowest BCUT2D eigenvalue weighted by atomic mass is 10.3. The number of benzene rings is 2. The Morgan fingerprint density at radius 3 is 2.65 bits per heavy atom. The van der Waals surface area contributed by atoms with Crippen molar-refractivity contribution in [1.82, 2.24) is 20.2 Å². The molecule has 0 aliphatic carbocycles. The molecule has 0 saturated carbocycles. The van der Waals surface area contributed by atoms with Crippen LogP contribution < -0.4 is 9.47 Å². The second-order valence-electron chi connectivity index (χ2n) is 4.47. The summed E-state index contributed by atoms with van der Waals surface area (Å²) in [6.07, 6.45) is 1.48. The number of tetrazole rings is 1. The van der Waals surface area contributed by atoms with Crippen molar-refractivity contribution in [2.75, 3.05) is 6.61 Å². The van der Waals surface area contributed by atoms with E-state index in [0.29, 0.717) is 11.5 Å². The third-order valence-corrected chi connectivity index (χ3v) is 3.33. The number of carbonyl (C=O) groups is 1. The molecule has 7 nitrogen and oxygen atoms in total. The van der Waals surface area contributed by atoms with Gasteiger partial charge >= 0.3 is 5.97 Å². The van der Waals surface area contributed by atoms with Crippen molar-refractivity contribution < 1.29 is 14.3 Å². The summed E-state index contributed by atoms with van der Waals surface area (Å²) in [6.45, 7) is -0.175. The second-order valence-corrected chi connectivity index (χ2v) is 5.38. The Balaban J connectivity index is 1.55. The van der Waals surface area contributed by atoms with E-state index in [1.165, 1.54) is 11.0 Å². The Hall–Kier alpha value is -2.74. The average molecular weight is 375 g/mol. The van der Waals surface area contributed by atoms with E-state index < -0.39 is 5.97 Å². The van der Waals surface area contributed by atoms with Gasteiger partial charge in [0.05, 0.1) is 5.69 Å². The fourth-order valence-electron chi connectivity index (χ4n) is 1.81. The van der Waals surface area contributed by atoms with Crippen LogP contribution in [0.25, 0.3) is 5.69 Å². The molecule has 0 spiro atoms. The first-order valence-corrected chi connectivity index (χ1v) is 7.42. The first kappa shape index (κ1) is 15.2. The molecule has 116 valence electrons. The van der Waals surface area contributed by atoms with E-state index >= 15 is 0 Å². The number of aromatic nitrogens is 4. The van der Waals surface area contributed by atoms with Crippen LogP contribution >= 0.6 is 15.9 Å². The van der Waals surface area contributed by atoms with Gasteiger partial charge in [-0.15, -0.1) is 5.10 Å². The summed E-state index contributed by atoms with van der Waals surface area (Å²) in [5.41, 5.74) is 0.764. The Labute approximate surface area is 140 Å². The van der Waals surface area contributed by atoms with Crippen molar-refractivity contribution in [3.05, 3.63) is 59.3 Å². The van der Waals surface area contributed by atoms with Crippen LogP contribution in [0.15, 0.2) is 59.3 Å². The van der Waals surface area contributed by atoms with Crippen molar-refractivity contribution in [3.8, 4) is 17.2 Å². The molecule has 0 amide bonds. The first-order chi connectivity index (χ1) is 11.2. The maximum absolute atomic E-state index is 11.8. The van der Waals surface area contributed by atoms with E-state index in [1.807, 2.05) is 12.1 Å². The third kappa shape index (κ3) is 4.13. The Bertz CT molecular complexity index is 791. The topological polar surface area (TPSA) is 79.1 Å². The maximum Gasteiger partial charge on any atom is 0.349 e. The zero-order valence-electron chi connectivity index (χ0n) is 11.8. The first-order valence-electron chi connectivity index (χ1n) is 6.63. The molecule has 2 aromatic carbocycles. The number of hydrogen-bond donors (Lipinski definition) is 0. The largest absolute Gasteiger partial charge is 0.482 e. The predicted octanol–water partition coefficient (Wildman–Crippen LogP) is 2.41. The molecule has 23 heavy (non-hydrogen) atoms. The normalized spacial score (nSPS) is 10.3. The molecular weight excluding hydrogens is 364 g/mol. The number of rotatable bonds is 5. The van der Waals surface area contributed by atoms with Gasteiger partial charge in [-0.25, -0.2) is 9.48 Å². The van der Waals surface area contributed by atoms with Crippen LogP contribution in [0.2, 0.25) is 0 Å². The molecule has 0 unspecified atom stereocenters. The van der Waals surface area contributed by atoms with Gasteiger partial charge in [0, 0.05) is 4.47 Å². The van der Waals surface area contributed by atoms with Gasteiger partial charge in [-0.1, -0.05) is 22.0 Å². The summed E-state index contributed by atoms with van der Waals surface area (Å²) in [4.78, 5) is 11.8. The maximum atomic E-state index is 11.8. The molecule has 0 aliphatic heterocycles. The Morgan fingerprint density at radius 2 is 1.96 bits per heavy atom. The standard InChI is InChI=1S/C15H11BrN4O3/c16-11-2-1-3-14(8-11)22-9-15(21)23-13-6-4-12(5-7-13)20-10-17-18-19-20/h1-8,10H,9H2. The lowest BCUT2D eigenvalue weighted by Gasteiger charge is -2.07. The van der Waals surface area contributed by atoms with E-state index in [1.54, 1.807) is 36.4 Å². The molecule has 1 aromatic heterocycles. The molecule has 3 aromatic rings. The van der Waals surface area contributed by atoms with Gasteiger partial charge in [0.15, 0.2) is 6.61 Å². The molecule has 0 atom stereocenters. The fraction of sp³-hybridized carbons (Fsp3) is 0.0667. The van der Waals surface area contributed by atoms with Crippen molar-refractivity contribution in [2.45, 2.75) is 0 Å². The van der Waals surface area contributed by atoms with Crippen LogP contribution in [0.3, 0.4) is 0 Å². The molecule has 3 rings (SSSR count). The zero-order chi connectivity index (χ0) is 16.1. The van der Waals surface area contributed by atoms with E-state index in [2.05, 4.69) is 31.5 Å². The summed E-state index contributed by atoms with van der Waals surface area (Å²) in [5, 5.41) is 10.9. The molecule has 0 aliphatic rings. The smallest absolute Gasteiger partial charge is 0.349 e. The summed E-state index contributed by atoms with van der Waals surface area (Å²) in [7, 11) is 0. The van der Waals surface area contributed by atoms with Crippen LogP contribution in [-0.2, 0) is 4.79 Å². The summed E-state index contributed by atoms with van der Waals surface area (Å²) in [6, 6.07) is 14.0. The summed E-state index contributed by atoms with van der Waals surface area (Å²) >= 11 is 3.33. The van der Waals surface area contributed by atoms with Gasteiger partial charge in [-0.05, 0) is 52.9 Å². The molecule has 1 heterocycles. The number of hydrogen-bond acceptors (Lipinski definition) is 6. The number of halogens is 1. The van der Waals surface area contributed by atoms with E-state index in [9.17, 15) is 4.79 Å². The van der Waals surface area contributed by atoms with Crippen LogP contribution in [-0.4, -0.2) is 32.8 Å². The van der Waals surface area contributed by atoms with Crippen molar-refractivity contribution >= 4 is 21.9 Å². The molecule has 0 radical (unpaired) electrons. The van der Waals surface area contributed by atoms with Gasteiger partial charge < -0.3 is 9.47 Å². The van der Waals surface area contributed by atoms with E-state index in [4.69, 9.17) is 9.47 Å². The minimum absolute atomic E-state index is 0.175. The zero-order valence-corrected chi connectivity index (χ0v) is 13.4. The van der Waals surface area contributed by atoms with E-state index in [-0.39, 0.29) is 6.61 Å². The highest BCUT2D eigenvalue weighted by atomic mass is 79.9. The second kappa shape index (κ2) is 7.01. The lowest BCUT2D eigenvalue weighted by molar-refractivity contribution is -0.136. The van der Waals surface area contributed by atoms with Crippen molar-refractivity contribution in [2.24, 2.45) is 0 Å². The van der Waals surface area contributed by atoms with Crippen molar-refractivity contribution in [1.29, 1.82) is 0 Å². The number of esters is 1. The lowest BCUT2D eigenvalue weighted by Crippen LogP contribution is -2.17. The van der Waals surface area contributed by atoms with Gasteiger partial charge in [0.1, 0.15) is 17.8 Å². The Morgan fingerprint density at radius 1 is 1.13 bits per heavy atom. The van der Waals surface area contributed by atoms with Crippen molar-refractivity contribution in [3.63, 3.8) is 0 Å². The highest BCUT2D eigenvalue weighted by molar-refractivity contribution is 9.10. The minimum atomic E-state index is -0.486. The van der Waals surface area contributed by atoms with Crippen LogP contribution in [0, 0.1) is 0 Å². The van der Waals surface area contributed by atoms with Crippen LogP contribution in [0.5, 0.6) is 11.5 Å². The Kier molecular flexibility index (Phi) is 4.62. The average Bonchev–Trinajstić information content (AvgIpc) is 3.08. The summed E-state index contributed by atoms with van der Waals surface area (Å²) in [5.74, 6) is 0.523. The van der Waals surface area contributed by atoms with Crippen LogP contribution in [0.1, 0.15) is 0 Å². The van der Waals surface area contributed by atoms with E-state index in [0.717, 1.165) is 10.2 Å². The molecule has 8 heteroatoms. The van der Waals surface area contributed by atoms with Gasteiger partial charge in [0.2, 0.25) is 0 Å². The predicted molar refractivity (Wildman–Crippen MR) is 84.4 cm³/mol. The molecule has 0 saturated heterocycles. The monoisotopic (exact) mass is 374 g/mol. The number of nitrogens with zero attached hydrogens (tertiary/aromatic N) is 4. The minimum Gasteiger partial charge on any atom is -0.482 e. The fourth-order valence-corrected chi connectivity index (χ4v) is 2.18. The summed E-state index contributed by atoms with van der Waals surface area (Å²) < 4.78 is 12.9. The van der Waals surface area contributed by atoms with Gasteiger partial charge in [-0.2, -0.15) is 0 Å². The quantitative estimate of drug-likeness (QED) is 0.503.